The van der Waals surface area contributed by atoms with Crippen molar-refractivity contribution in [3.63, 3.8) is 0 Å². The minimum atomic E-state index is -0.451. The summed E-state index contributed by atoms with van der Waals surface area (Å²) >= 11 is 0. The molecule has 1 aromatic rings. The molecule has 1 amide bonds. The van der Waals surface area contributed by atoms with Crippen LogP contribution < -0.4 is 5.32 Å². The van der Waals surface area contributed by atoms with Crippen molar-refractivity contribution in [3.8, 4) is 11.5 Å². The number of aryl methyl sites for hydroxylation is 1. The third kappa shape index (κ3) is 3.86. The van der Waals surface area contributed by atoms with E-state index in [0.717, 1.165) is 11.1 Å². The highest BCUT2D eigenvalue weighted by Gasteiger charge is 2.06. The second kappa shape index (κ2) is 5.98. The molecule has 5 nitrogen and oxygen atoms in total. The fourth-order valence-corrected chi connectivity index (χ4v) is 1.48. The van der Waals surface area contributed by atoms with Gasteiger partial charge in [-0.15, -0.1) is 0 Å². The summed E-state index contributed by atoms with van der Waals surface area (Å²) < 4.78 is 4.71. The van der Waals surface area contributed by atoms with E-state index in [1.54, 1.807) is 6.92 Å². The van der Waals surface area contributed by atoms with Crippen LogP contribution in [0.15, 0.2) is 12.1 Å². The van der Waals surface area contributed by atoms with Crippen molar-refractivity contribution < 1.29 is 19.7 Å². The van der Waals surface area contributed by atoms with Crippen LogP contribution in [0.25, 0.3) is 0 Å². The average molecular weight is 239 g/mol. The third-order valence-electron chi connectivity index (χ3n) is 2.37. The van der Waals surface area contributed by atoms with Crippen LogP contribution in [0.1, 0.15) is 18.1 Å². The fourth-order valence-electron chi connectivity index (χ4n) is 1.48. The van der Waals surface area contributed by atoms with Crippen LogP contribution in [0.5, 0.6) is 11.5 Å². The van der Waals surface area contributed by atoms with Gasteiger partial charge in [0.1, 0.15) is 0 Å². The van der Waals surface area contributed by atoms with Gasteiger partial charge in [-0.3, -0.25) is 0 Å². The Morgan fingerprint density at radius 1 is 1.35 bits per heavy atom. The van der Waals surface area contributed by atoms with Crippen LogP contribution in [-0.2, 0) is 11.2 Å². The molecule has 1 rings (SSSR count). The van der Waals surface area contributed by atoms with Crippen molar-refractivity contribution in [3.05, 3.63) is 23.3 Å². The van der Waals surface area contributed by atoms with Gasteiger partial charge >= 0.3 is 6.09 Å². The topological polar surface area (TPSA) is 78.8 Å². The Bertz CT molecular complexity index is 404. The normalized spacial score (nSPS) is 10.0. The Hall–Kier alpha value is -1.91. The second-order valence-electron chi connectivity index (χ2n) is 3.66. The molecule has 0 atom stereocenters. The number of amides is 1. The number of alkyl carbamates (subject to hydrolysis) is 1. The van der Waals surface area contributed by atoms with Crippen LogP contribution in [0.2, 0.25) is 0 Å². The molecule has 0 aromatic heterocycles. The van der Waals surface area contributed by atoms with Crippen molar-refractivity contribution in [1.82, 2.24) is 5.32 Å². The van der Waals surface area contributed by atoms with Crippen molar-refractivity contribution >= 4 is 6.09 Å². The van der Waals surface area contributed by atoms with E-state index in [9.17, 15) is 15.0 Å². The number of benzene rings is 1. The van der Waals surface area contributed by atoms with Gasteiger partial charge < -0.3 is 20.3 Å². The van der Waals surface area contributed by atoms with Gasteiger partial charge in [0, 0.05) is 6.54 Å². The lowest BCUT2D eigenvalue weighted by Crippen LogP contribution is -2.26. The highest BCUT2D eigenvalue weighted by Crippen LogP contribution is 2.27. The van der Waals surface area contributed by atoms with E-state index in [4.69, 9.17) is 4.74 Å². The van der Waals surface area contributed by atoms with E-state index in [1.807, 2.05) is 6.92 Å². The molecule has 0 radical (unpaired) electrons. The summed E-state index contributed by atoms with van der Waals surface area (Å²) in [5.74, 6) is -0.286. The summed E-state index contributed by atoms with van der Waals surface area (Å²) in [5.41, 5.74) is 1.74. The average Bonchev–Trinajstić information content (AvgIpc) is 2.26. The molecule has 0 aliphatic rings. The van der Waals surface area contributed by atoms with Crippen molar-refractivity contribution in [2.75, 3.05) is 13.2 Å². The Morgan fingerprint density at radius 2 is 2.00 bits per heavy atom. The third-order valence-corrected chi connectivity index (χ3v) is 2.37. The fraction of sp³-hybridized carbons (Fsp3) is 0.417. The lowest BCUT2D eigenvalue weighted by atomic mass is 10.0. The summed E-state index contributed by atoms with van der Waals surface area (Å²) in [4.78, 5) is 11.0. The maximum atomic E-state index is 11.0. The number of ether oxygens (including phenoxy) is 1. The number of carbonyl (C=O) groups is 1. The molecule has 0 spiro atoms. The van der Waals surface area contributed by atoms with E-state index in [2.05, 4.69) is 5.32 Å². The number of hydrogen-bond acceptors (Lipinski definition) is 4. The quantitative estimate of drug-likeness (QED) is 0.699. The number of rotatable bonds is 4. The Morgan fingerprint density at radius 3 is 2.65 bits per heavy atom. The first-order valence-corrected chi connectivity index (χ1v) is 5.46. The summed E-state index contributed by atoms with van der Waals surface area (Å²) in [6.07, 6.45) is 0.117. The molecule has 3 N–H and O–H groups in total. The minimum Gasteiger partial charge on any atom is -0.504 e. The SMILES string of the molecule is CCOC(=O)NCCc1cc(O)c(O)cc1C. The van der Waals surface area contributed by atoms with Gasteiger partial charge in [-0.1, -0.05) is 0 Å². The van der Waals surface area contributed by atoms with E-state index in [1.165, 1.54) is 12.1 Å². The summed E-state index contributed by atoms with van der Waals surface area (Å²) in [6, 6.07) is 2.99. The van der Waals surface area contributed by atoms with E-state index in [-0.39, 0.29) is 11.5 Å². The highest BCUT2D eigenvalue weighted by atomic mass is 16.5. The first kappa shape index (κ1) is 13.2. The summed E-state index contributed by atoms with van der Waals surface area (Å²) in [7, 11) is 0. The zero-order chi connectivity index (χ0) is 12.8. The zero-order valence-electron chi connectivity index (χ0n) is 9.99. The van der Waals surface area contributed by atoms with Gasteiger partial charge in [0.05, 0.1) is 6.61 Å². The molecule has 0 heterocycles. The standard InChI is InChI=1S/C12H17NO4/c1-3-17-12(16)13-5-4-9-7-11(15)10(14)6-8(9)2/h6-7,14-15H,3-5H2,1-2H3,(H,13,16). The number of carbonyl (C=O) groups excluding carboxylic acids is 1. The molecule has 94 valence electrons. The molecule has 0 saturated carbocycles. The highest BCUT2D eigenvalue weighted by molar-refractivity contribution is 5.67. The predicted octanol–water partition coefficient (Wildman–Crippen LogP) is 1.69. The van der Waals surface area contributed by atoms with E-state index in [0.29, 0.717) is 19.6 Å². The smallest absolute Gasteiger partial charge is 0.407 e. The maximum Gasteiger partial charge on any atom is 0.407 e. The van der Waals surface area contributed by atoms with E-state index >= 15 is 0 Å². The van der Waals surface area contributed by atoms with Crippen LogP contribution in [0.3, 0.4) is 0 Å². The second-order valence-corrected chi connectivity index (χ2v) is 3.66. The number of hydrogen-bond donors (Lipinski definition) is 3. The van der Waals surface area contributed by atoms with Gasteiger partial charge in [0.2, 0.25) is 0 Å². The molecule has 1 aromatic carbocycles. The molecular weight excluding hydrogens is 222 g/mol. The Balaban J connectivity index is 2.52. The van der Waals surface area contributed by atoms with Crippen LogP contribution in [0, 0.1) is 6.92 Å². The number of nitrogens with one attached hydrogen (secondary N) is 1. The van der Waals surface area contributed by atoms with E-state index < -0.39 is 6.09 Å². The Labute approximate surface area is 100 Å². The molecule has 0 aliphatic heterocycles. The van der Waals surface area contributed by atoms with Crippen molar-refractivity contribution in [2.24, 2.45) is 0 Å². The molecule has 0 aliphatic carbocycles. The van der Waals surface area contributed by atoms with Gasteiger partial charge in [-0.05, 0) is 43.5 Å². The summed E-state index contributed by atoms with van der Waals surface area (Å²) in [5, 5.41) is 21.2. The largest absolute Gasteiger partial charge is 0.504 e. The molecule has 0 bridgehead atoms. The number of aromatic hydroxyl groups is 2. The van der Waals surface area contributed by atoms with Gasteiger partial charge in [0.25, 0.3) is 0 Å². The predicted molar refractivity (Wildman–Crippen MR) is 63.2 cm³/mol. The van der Waals surface area contributed by atoms with Gasteiger partial charge in [-0.25, -0.2) is 4.79 Å². The zero-order valence-corrected chi connectivity index (χ0v) is 9.99. The first-order valence-electron chi connectivity index (χ1n) is 5.46. The first-order chi connectivity index (χ1) is 8.04. The van der Waals surface area contributed by atoms with Gasteiger partial charge in [0.15, 0.2) is 11.5 Å². The lowest BCUT2D eigenvalue weighted by Gasteiger charge is -2.09. The van der Waals surface area contributed by atoms with Crippen molar-refractivity contribution in [2.45, 2.75) is 20.3 Å². The van der Waals surface area contributed by atoms with Crippen molar-refractivity contribution in [1.29, 1.82) is 0 Å². The molecule has 0 saturated heterocycles. The molecular formula is C12H17NO4. The lowest BCUT2D eigenvalue weighted by molar-refractivity contribution is 0.152. The molecule has 0 unspecified atom stereocenters. The Kier molecular flexibility index (Phi) is 4.63. The molecule has 0 fully saturated rings. The summed E-state index contributed by atoms with van der Waals surface area (Å²) in [6.45, 7) is 4.33. The van der Waals surface area contributed by atoms with Crippen LogP contribution in [0.4, 0.5) is 4.79 Å². The van der Waals surface area contributed by atoms with Crippen LogP contribution in [-0.4, -0.2) is 29.5 Å². The molecule has 17 heavy (non-hydrogen) atoms. The van der Waals surface area contributed by atoms with Crippen LogP contribution >= 0.6 is 0 Å². The minimum absolute atomic E-state index is 0.135. The maximum absolute atomic E-state index is 11.0. The van der Waals surface area contributed by atoms with Gasteiger partial charge in [-0.2, -0.15) is 0 Å². The number of phenols is 2. The molecule has 5 heteroatoms. The monoisotopic (exact) mass is 239 g/mol. The number of phenolic OH excluding ortho intramolecular Hbond substituents is 2.